The van der Waals surface area contributed by atoms with Crippen LogP contribution in [0.15, 0.2) is 36.5 Å². The summed E-state index contributed by atoms with van der Waals surface area (Å²) in [7, 11) is -5.12. The van der Waals surface area contributed by atoms with Crippen molar-refractivity contribution < 1.29 is 63.1 Å². The van der Waals surface area contributed by atoms with Crippen molar-refractivity contribution in [1.29, 1.82) is 0 Å². The summed E-state index contributed by atoms with van der Waals surface area (Å²) < 4.78 is 33.5. The van der Waals surface area contributed by atoms with Crippen molar-refractivity contribution in [1.82, 2.24) is 0 Å². The van der Waals surface area contributed by atoms with Crippen LogP contribution in [0.25, 0.3) is 0 Å². The van der Waals surface area contributed by atoms with Gasteiger partial charge in [0.2, 0.25) is 0 Å². The van der Waals surface area contributed by atoms with Gasteiger partial charge < -0.3 is 39.9 Å². The van der Waals surface area contributed by atoms with E-state index in [-0.39, 0.29) is 12.8 Å². The Hall–Kier alpha value is -1.93. The number of allylic oxidation sites excluding steroid dienone is 6. The van der Waals surface area contributed by atoms with Gasteiger partial charge in [-0.2, -0.15) is 0 Å². The van der Waals surface area contributed by atoms with Gasteiger partial charge in [0.05, 0.1) is 6.61 Å². The summed E-state index contributed by atoms with van der Waals surface area (Å²) in [5, 5.41) is 50.1. The van der Waals surface area contributed by atoms with Crippen molar-refractivity contribution in [2.75, 3.05) is 13.2 Å². The monoisotopic (exact) mass is 875 g/mol. The second-order valence-electron chi connectivity index (χ2n) is 16.3. The van der Waals surface area contributed by atoms with Gasteiger partial charge in [-0.1, -0.05) is 159 Å². The zero-order valence-electron chi connectivity index (χ0n) is 37.0. The lowest BCUT2D eigenvalue weighted by atomic mass is 9.85. The van der Waals surface area contributed by atoms with Crippen LogP contribution in [0.2, 0.25) is 0 Å². The number of rotatable bonds is 38. The number of aliphatic hydroxyl groups excluding tert-OH is 5. The number of phosphoric acid groups is 1. The molecule has 1 aliphatic rings. The zero-order valence-corrected chi connectivity index (χ0v) is 37.9. The van der Waals surface area contributed by atoms with E-state index in [0.717, 1.165) is 57.8 Å². The normalized spacial score (nSPS) is 22.5. The van der Waals surface area contributed by atoms with E-state index in [4.69, 9.17) is 18.5 Å². The zero-order chi connectivity index (χ0) is 44.3. The predicted molar refractivity (Wildman–Crippen MR) is 235 cm³/mol. The molecule has 0 heterocycles. The van der Waals surface area contributed by atoms with Gasteiger partial charge in [-0.3, -0.25) is 18.6 Å². The molecule has 1 rings (SSSR count). The van der Waals surface area contributed by atoms with Crippen molar-refractivity contribution in [2.45, 2.75) is 230 Å². The largest absolute Gasteiger partial charge is 0.472 e. The van der Waals surface area contributed by atoms with Gasteiger partial charge in [-0.05, 0) is 51.4 Å². The Morgan fingerprint density at radius 3 is 1.40 bits per heavy atom. The molecular formula is C46H83O13P. The molecule has 60 heavy (non-hydrogen) atoms. The molecule has 0 bridgehead atoms. The van der Waals surface area contributed by atoms with Crippen LogP contribution in [0.4, 0.5) is 0 Å². The predicted octanol–water partition coefficient (Wildman–Crippen LogP) is 9.00. The highest BCUT2D eigenvalue weighted by Gasteiger charge is 2.51. The van der Waals surface area contributed by atoms with Crippen molar-refractivity contribution in [3.63, 3.8) is 0 Å². The summed E-state index contributed by atoms with van der Waals surface area (Å²) in [6, 6.07) is 0. The fourth-order valence-corrected chi connectivity index (χ4v) is 7.91. The molecule has 14 heteroatoms. The topological polar surface area (TPSA) is 210 Å². The SMILES string of the molecule is CCCCC/C=C/C/C=C/C/C=C/CCCCC(=O)OC[C@H](COP(=O)(O)OC1C(O)C(O)C(O)[C@@H](O)C1O)OC(=O)CCCCCCCCCCCCCCCCCC. The molecule has 1 fully saturated rings. The third-order valence-corrected chi connectivity index (χ3v) is 11.7. The number of unbranched alkanes of at least 4 members (excludes halogenated alkanes) is 20. The highest BCUT2D eigenvalue weighted by atomic mass is 31.2. The molecule has 350 valence electrons. The summed E-state index contributed by atoms with van der Waals surface area (Å²) in [6.45, 7) is 3.24. The first-order valence-corrected chi connectivity index (χ1v) is 24.8. The average molecular weight is 875 g/mol. The maximum atomic E-state index is 12.8. The van der Waals surface area contributed by atoms with Crippen molar-refractivity contribution in [2.24, 2.45) is 0 Å². The van der Waals surface area contributed by atoms with Gasteiger partial charge in [0.15, 0.2) is 6.10 Å². The minimum absolute atomic E-state index is 0.0915. The summed E-state index contributed by atoms with van der Waals surface area (Å²) in [5.74, 6) is -1.14. The van der Waals surface area contributed by atoms with E-state index in [1.165, 1.54) is 89.9 Å². The molecule has 0 spiro atoms. The van der Waals surface area contributed by atoms with Crippen molar-refractivity contribution in [3.05, 3.63) is 36.5 Å². The molecule has 1 aliphatic carbocycles. The van der Waals surface area contributed by atoms with Crippen LogP contribution in [-0.4, -0.2) is 98.3 Å². The fourth-order valence-electron chi connectivity index (χ4n) is 6.94. The Bertz CT molecular complexity index is 1190. The van der Waals surface area contributed by atoms with E-state index in [1.54, 1.807) is 0 Å². The minimum Gasteiger partial charge on any atom is -0.462 e. The molecule has 1 saturated carbocycles. The number of carbonyl (C=O) groups excluding carboxylic acids is 2. The van der Waals surface area contributed by atoms with E-state index in [1.807, 2.05) is 0 Å². The van der Waals surface area contributed by atoms with Gasteiger partial charge in [0.25, 0.3) is 0 Å². The number of esters is 2. The van der Waals surface area contributed by atoms with Crippen LogP contribution < -0.4 is 0 Å². The Morgan fingerprint density at radius 2 is 0.900 bits per heavy atom. The second kappa shape index (κ2) is 36.5. The minimum atomic E-state index is -5.12. The number of hydrogen-bond donors (Lipinski definition) is 6. The Labute approximate surface area is 361 Å². The van der Waals surface area contributed by atoms with E-state index >= 15 is 0 Å². The molecule has 0 amide bonds. The third-order valence-electron chi connectivity index (χ3n) is 10.7. The van der Waals surface area contributed by atoms with E-state index in [9.17, 15) is 44.6 Å². The average Bonchev–Trinajstić information content (AvgIpc) is 3.23. The maximum Gasteiger partial charge on any atom is 0.472 e. The van der Waals surface area contributed by atoms with Gasteiger partial charge in [0, 0.05) is 12.8 Å². The van der Waals surface area contributed by atoms with Crippen LogP contribution >= 0.6 is 7.82 Å². The first-order valence-electron chi connectivity index (χ1n) is 23.3. The summed E-state index contributed by atoms with van der Waals surface area (Å²) in [6.07, 6.45) is 27.7. The maximum absolute atomic E-state index is 12.8. The van der Waals surface area contributed by atoms with Gasteiger partial charge in [-0.15, -0.1) is 0 Å². The van der Waals surface area contributed by atoms with Crippen LogP contribution in [-0.2, 0) is 32.7 Å². The number of carbonyl (C=O) groups is 2. The number of ether oxygens (including phenoxy) is 2. The van der Waals surface area contributed by atoms with Gasteiger partial charge >= 0.3 is 19.8 Å². The van der Waals surface area contributed by atoms with Crippen LogP contribution in [0.1, 0.15) is 187 Å². The lowest BCUT2D eigenvalue weighted by Gasteiger charge is -2.41. The molecule has 8 atom stereocenters. The molecule has 0 saturated heterocycles. The quantitative estimate of drug-likeness (QED) is 0.0148. The van der Waals surface area contributed by atoms with Crippen molar-refractivity contribution >= 4 is 19.8 Å². The summed E-state index contributed by atoms with van der Waals surface area (Å²) in [4.78, 5) is 35.7. The molecule has 6 N–H and O–H groups in total. The smallest absolute Gasteiger partial charge is 0.462 e. The Balaban J connectivity index is 2.48. The summed E-state index contributed by atoms with van der Waals surface area (Å²) >= 11 is 0. The molecule has 0 radical (unpaired) electrons. The standard InChI is InChI=1S/C46H83O13P/c1-3-5-7-9-11-13-15-17-19-21-23-25-27-29-31-33-35-40(48)58-38(37-57-60(54,55)59-46-44(52)42(50)41(49)43(51)45(46)53)36-56-39(47)34-32-30-28-26-24-22-20-18-16-14-12-10-8-6-4-2/h12,14,18,20,24,26,38,41-46,49-53H,3-11,13,15-17,19,21-23,25,27-37H2,1-2H3,(H,54,55)/b14-12+,20-18+,26-24+/t38-,41?,42-,43?,44?,45?,46?/m1/s1. The van der Waals surface area contributed by atoms with Gasteiger partial charge in [0.1, 0.15) is 43.2 Å². The summed E-state index contributed by atoms with van der Waals surface area (Å²) in [5.41, 5.74) is 0. The second-order valence-corrected chi connectivity index (χ2v) is 17.7. The number of hydrogen-bond acceptors (Lipinski definition) is 12. The highest BCUT2D eigenvalue weighted by molar-refractivity contribution is 7.47. The Kier molecular flexibility index (Phi) is 34.2. The first-order chi connectivity index (χ1) is 28.9. The lowest BCUT2D eigenvalue weighted by Crippen LogP contribution is -2.64. The molecule has 13 nitrogen and oxygen atoms in total. The lowest BCUT2D eigenvalue weighted by molar-refractivity contribution is -0.220. The molecular weight excluding hydrogens is 791 g/mol. The molecule has 0 aromatic carbocycles. The van der Waals surface area contributed by atoms with E-state index in [0.29, 0.717) is 12.8 Å². The Morgan fingerprint density at radius 1 is 0.517 bits per heavy atom. The number of phosphoric ester groups is 1. The van der Waals surface area contributed by atoms with Crippen LogP contribution in [0.5, 0.6) is 0 Å². The first kappa shape index (κ1) is 56.1. The van der Waals surface area contributed by atoms with E-state index in [2.05, 4.69) is 50.3 Å². The van der Waals surface area contributed by atoms with Crippen LogP contribution in [0, 0.1) is 0 Å². The number of aliphatic hydroxyl groups is 5. The fraction of sp³-hybridized carbons (Fsp3) is 0.826. The highest BCUT2D eigenvalue weighted by Crippen LogP contribution is 2.47. The van der Waals surface area contributed by atoms with Gasteiger partial charge in [-0.25, -0.2) is 4.57 Å². The van der Waals surface area contributed by atoms with Crippen molar-refractivity contribution in [3.8, 4) is 0 Å². The molecule has 6 unspecified atom stereocenters. The molecule has 0 aromatic rings. The van der Waals surface area contributed by atoms with Crippen LogP contribution in [0.3, 0.4) is 0 Å². The molecule has 0 aromatic heterocycles. The molecule has 0 aliphatic heterocycles. The third kappa shape index (κ3) is 28.6. The van der Waals surface area contributed by atoms with E-state index < -0.39 is 75.7 Å².